The Morgan fingerprint density at radius 1 is 1.14 bits per heavy atom. The second-order valence-electron chi connectivity index (χ2n) is 5.30. The summed E-state index contributed by atoms with van der Waals surface area (Å²) in [6, 6.07) is 14.1. The predicted octanol–water partition coefficient (Wildman–Crippen LogP) is 2.72. The number of nitrogens with one attached hydrogen (secondary N) is 3. The Hall–Kier alpha value is -2.53. The van der Waals surface area contributed by atoms with Crippen LogP contribution in [0.1, 0.15) is 24.1 Å². The van der Waals surface area contributed by atoms with Crippen molar-refractivity contribution in [1.82, 2.24) is 15.3 Å². The lowest BCUT2D eigenvalue weighted by molar-refractivity contribution is 0.406. The molecule has 0 aliphatic rings. The van der Waals surface area contributed by atoms with Crippen molar-refractivity contribution in [3.8, 4) is 5.75 Å². The van der Waals surface area contributed by atoms with E-state index in [-0.39, 0.29) is 11.7 Å². The van der Waals surface area contributed by atoms with Crippen LogP contribution in [0.15, 0.2) is 47.3 Å². The summed E-state index contributed by atoms with van der Waals surface area (Å²) >= 11 is 0. The van der Waals surface area contributed by atoms with E-state index in [4.69, 9.17) is 4.74 Å². The van der Waals surface area contributed by atoms with E-state index in [0.717, 1.165) is 27.9 Å². The maximum absolute atomic E-state index is 11.3. The molecule has 0 saturated carbocycles. The van der Waals surface area contributed by atoms with Gasteiger partial charge in [0, 0.05) is 18.2 Å². The van der Waals surface area contributed by atoms with Crippen molar-refractivity contribution in [1.29, 1.82) is 0 Å². The number of aromatic amines is 2. The molecule has 0 amide bonds. The topological polar surface area (TPSA) is 69.9 Å². The Morgan fingerprint density at radius 2 is 1.91 bits per heavy atom. The molecule has 5 heteroatoms. The molecule has 3 aromatic rings. The van der Waals surface area contributed by atoms with Crippen LogP contribution in [-0.4, -0.2) is 17.1 Å². The summed E-state index contributed by atoms with van der Waals surface area (Å²) in [5.41, 5.74) is 3.71. The van der Waals surface area contributed by atoms with Crippen LogP contribution in [0.5, 0.6) is 5.75 Å². The minimum absolute atomic E-state index is 0.160. The molecule has 1 atom stereocenters. The molecule has 1 unspecified atom stereocenters. The number of hydrogen-bond donors (Lipinski definition) is 3. The van der Waals surface area contributed by atoms with Crippen LogP contribution in [0.2, 0.25) is 0 Å². The third kappa shape index (κ3) is 2.89. The van der Waals surface area contributed by atoms with Gasteiger partial charge in [-0.15, -0.1) is 0 Å². The van der Waals surface area contributed by atoms with Gasteiger partial charge in [-0.05, 0) is 30.7 Å². The van der Waals surface area contributed by atoms with Crippen LogP contribution in [0.25, 0.3) is 11.0 Å². The van der Waals surface area contributed by atoms with Crippen molar-refractivity contribution in [2.24, 2.45) is 0 Å². The highest BCUT2D eigenvalue weighted by atomic mass is 16.5. The summed E-state index contributed by atoms with van der Waals surface area (Å²) in [4.78, 5) is 16.8. The lowest BCUT2D eigenvalue weighted by Gasteiger charge is -2.16. The molecule has 0 bridgehead atoms. The van der Waals surface area contributed by atoms with Gasteiger partial charge in [0.05, 0.1) is 18.1 Å². The molecule has 1 heterocycles. The van der Waals surface area contributed by atoms with Crippen molar-refractivity contribution in [3.05, 3.63) is 64.1 Å². The van der Waals surface area contributed by atoms with Crippen LogP contribution in [0.3, 0.4) is 0 Å². The fraction of sp³-hybridized carbons (Fsp3) is 0.235. The maximum atomic E-state index is 11.3. The van der Waals surface area contributed by atoms with Gasteiger partial charge < -0.3 is 20.0 Å². The van der Waals surface area contributed by atoms with E-state index in [1.807, 2.05) is 42.5 Å². The lowest BCUT2D eigenvalue weighted by atomic mass is 10.1. The number of methoxy groups -OCH3 is 1. The highest BCUT2D eigenvalue weighted by Gasteiger charge is 2.09. The summed E-state index contributed by atoms with van der Waals surface area (Å²) in [6.45, 7) is 2.81. The van der Waals surface area contributed by atoms with Gasteiger partial charge in [-0.25, -0.2) is 4.79 Å². The Bertz CT molecular complexity index is 835. The van der Waals surface area contributed by atoms with E-state index in [9.17, 15) is 4.79 Å². The Labute approximate surface area is 128 Å². The Morgan fingerprint density at radius 3 is 2.73 bits per heavy atom. The number of rotatable bonds is 5. The van der Waals surface area contributed by atoms with Crippen LogP contribution < -0.4 is 15.7 Å². The van der Waals surface area contributed by atoms with Gasteiger partial charge in [0.15, 0.2) is 0 Å². The molecule has 22 heavy (non-hydrogen) atoms. The van der Waals surface area contributed by atoms with E-state index >= 15 is 0 Å². The van der Waals surface area contributed by atoms with Gasteiger partial charge >= 0.3 is 5.69 Å². The highest BCUT2D eigenvalue weighted by molar-refractivity contribution is 5.75. The van der Waals surface area contributed by atoms with Gasteiger partial charge in [0.2, 0.25) is 0 Å². The van der Waals surface area contributed by atoms with E-state index in [0.29, 0.717) is 6.54 Å². The number of imidazole rings is 1. The Kier molecular flexibility index (Phi) is 3.98. The van der Waals surface area contributed by atoms with Crippen molar-refractivity contribution < 1.29 is 4.74 Å². The molecule has 0 spiro atoms. The fourth-order valence-electron chi connectivity index (χ4n) is 2.55. The molecule has 3 N–H and O–H groups in total. The molecule has 1 aromatic heterocycles. The summed E-state index contributed by atoms with van der Waals surface area (Å²) in [7, 11) is 1.68. The van der Waals surface area contributed by atoms with Gasteiger partial charge in [-0.1, -0.05) is 24.3 Å². The largest absolute Gasteiger partial charge is 0.496 e. The first-order valence-electron chi connectivity index (χ1n) is 7.24. The van der Waals surface area contributed by atoms with Gasteiger partial charge in [-0.3, -0.25) is 0 Å². The van der Waals surface area contributed by atoms with Gasteiger partial charge in [-0.2, -0.15) is 0 Å². The fourth-order valence-corrected chi connectivity index (χ4v) is 2.55. The van der Waals surface area contributed by atoms with Crippen LogP contribution >= 0.6 is 0 Å². The van der Waals surface area contributed by atoms with E-state index < -0.39 is 0 Å². The number of hydrogen-bond acceptors (Lipinski definition) is 3. The number of ether oxygens (including phenoxy) is 1. The third-order valence-electron chi connectivity index (χ3n) is 3.83. The third-order valence-corrected chi connectivity index (χ3v) is 3.83. The average molecular weight is 297 g/mol. The average Bonchev–Trinajstić information content (AvgIpc) is 2.91. The van der Waals surface area contributed by atoms with Crippen molar-refractivity contribution in [3.63, 3.8) is 0 Å². The first-order chi connectivity index (χ1) is 10.7. The van der Waals surface area contributed by atoms with Crippen molar-refractivity contribution in [2.75, 3.05) is 7.11 Å². The molecule has 0 radical (unpaired) electrons. The summed E-state index contributed by atoms with van der Waals surface area (Å²) in [6.07, 6.45) is 0. The second kappa shape index (κ2) is 6.07. The quantitative estimate of drug-likeness (QED) is 0.678. The molecule has 0 saturated heterocycles. The second-order valence-corrected chi connectivity index (χ2v) is 5.30. The molecule has 0 fully saturated rings. The van der Waals surface area contributed by atoms with E-state index in [1.165, 1.54) is 0 Å². The number of fused-ring (bicyclic) bond motifs is 1. The minimum atomic E-state index is -0.179. The van der Waals surface area contributed by atoms with Gasteiger partial charge in [0.25, 0.3) is 0 Å². The maximum Gasteiger partial charge on any atom is 0.323 e. The Balaban J connectivity index is 1.75. The summed E-state index contributed by atoms with van der Waals surface area (Å²) in [5.74, 6) is 0.882. The first-order valence-corrected chi connectivity index (χ1v) is 7.24. The number of para-hydroxylation sites is 1. The lowest BCUT2D eigenvalue weighted by Crippen LogP contribution is -2.18. The van der Waals surface area contributed by atoms with E-state index in [2.05, 4.69) is 22.2 Å². The zero-order valence-corrected chi connectivity index (χ0v) is 12.6. The molecule has 114 valence electrons. The number of H-pyrrole nitrogens is 2. The normalized spacial score (nSPS) is 12.5. The smallest absolute Gasteiger partial charge is 0.323 e. The van der Waals surface area contributed by atoms with Crippen LogP contribution in [-0.2, 0) is 6.54 Å². The zero-order valence-electron chi connectivity index (χ0n) is 12.6. The van der Waals surface area contributed by atoms with Crippen molar-refractivity contribution in [2.45, 2.75) is 19.5 Å². The first kappa shape index (κ1) is 14.4. The van der Waals surface area contributed by atoms with E-state index in [1.54, 1.807) is 7.11 Å². The number of aromatic nitrogens is 2. The highest BCUT2D eigenvalue weighted by Crippen LogP contribution is 2.20. The molecule has 0 aliphatic heterocycles. The molecule has 0 aliphatic carbocycles. The number of benzene rings is 2. The predicted molar refractivity (Wildman–Crippen MR) is 87.2 cm³/mol. The minimum Gasteiger partial charge on any atom is -0.496 e. The molecular weight excluding hydrogens is 278 g/mol. The zero-order chi connectivity index (χ0) is 15.5. The molecule has 5 nitrogen and oxygen atoms in total. The standard InChI is InChI=1S/C17H19N3O2/c1-11(18-10-13-5-3-4-6-16(13)22-2)12-7-8-14-15(9-12)20-17(21)19-14/h3-9,11,18H,10H2,1-2H3,(H2,19,20,21). The van der Waals surface area contributed by atoms with Crippen molar-refractivity contribution >= 4 is 11.0 Å². The van der Waals surface area contributed by atoms with Crippen LogP contribution in [0, 0.1) is 0 Å². The van der Waals surface area contributed by atoms with Crippen LogP contribution in [0.4, 0.5) is 0 Å². The molecular formula is C17H19N3O2. The monoisotopic (exact) mass is 297 g/mol. The molecule has 3 rings (SSSR count). The van der Waals surface area contributed by atoms with Gasteiger partial charge in [0.1, 0.15) is 5.75 Å². The summed E-state index contributed by atoms with van der Waals surface area (Å²) < 4.78 is 5.36. The molecule has 2 aromatic carbocycles. The summed E-state index contributed by atoms with van der Waals surface area (Å²) in [5, 5.41) is 3.48. The SMILES string of the molecule is COc1ccccc1CNC(C)c1ccc2[nH]c(=O)[nH]c2c1.